The van der Waals surface area contributed by atoms with Gasteiger partial charge in [0.15, 0.2) is 0 Å². The Labute approximate surface area is 68.9 Å². The second kappa shape index (κ2) is 5.68. The van der Waals surface area contributed by atoms with Gasteiger partial charge >= 0.3 is 0 Å². The molecule has 2 N–H and O–H groups in total. The summed E-state index contributed by atoms with van der Waals surface area (Å²) in [5, 5.41) is 11.5. The molecule has 10 heavy (non-hydrogen) atoms. The molecule has 0 rings (SSSR count). The van der Waals surface area contributed by atoms with Crippen LogP contribution in [0.25, 0.3) is 0 Å². The van der Waals surface area contributed by atoms with E-state index in [-0.39, 0.29) is 18.6 Å². The molecular formula is C6H12BrNO2. The molecule has 0 aliphatic carbocycles. The minimum Gasteiger partial charge on any atom is -0.396 e. The van der Waals surface area contributed by atoms with Crippen LogP contribution in [0.5, 0.6) is 0 Å². The first kappa shape index (κ1) is 9.91. The maximum Gasteiger partial charge on any atom is 0.230 e. The molecule has 1 unspecified atom stereocenters. The molecule has 0 aliphatic heterocycles. The van der Waals surface area contributed by atoms with Gasteiger partial charge in [-0.15, -0.1) is 0 Å². The lowest BCUT2D eigenvalue weighted by Crippen LogP contribution is -2.33. The molecule has 0 aromatic heterocycles. The van der Waals surface area contributed by atoms with Gasteiger partial charge in [0.1, 0.15) is 0 Å². The monoisotopic (exact) mass is 209 g/mol. The van der Waals surface area contributed by atoms with Gasteiger partial charge in [0.05, 0.1) is 5.33 Å². The molecule has 0 bridgehead atoms. The quantitative estimate of drug-likeness (QED) is 0.654. The Kier molecular flexibility index (Phi) is 5.63. The zero-order chi connectivity index (χ0) is 7.98. The predicted octanol–water partition coefficient (Wildman–Crippen LogP) is 0.268. The Balaban J connectivity index is 3.37. The number of carbonyl (C=O) groups excluding carboxylic acids is 1. The van der Waals surface area contributed by atoms with Crippen LogP contribution in [0.2, 0.25) is 0 Å². The van der Waals surface area contributed by atoms with Crippen LogP contribution in [0.3, 0.4) is 0 Å². The molecular weight excluding hydrogens is 198 g/mol. The topological polar surface area (TPSA) is 49.3 Å². The van der Waals surface area contributed by atoms with E-state index in [4.69, 9.17) is 5.11 Å². The molecule has 0 radical (unpaired) electrons. The van der Waals surface area contributed by atoms with Gasteiger partial charge in [0, 0.05) is 12.6 Å². The van der Waals surface area contributed by atoms with Crippen molar-refractivity contribution < 1.29 is 9.90 Å². The first-order valence-electron chi connectivity index (χ1n) is 3.17. The second-order valence-electron chi connectivity index (χ2n) is 2.11. The number of carbonyl (C=O) groups is 1. The lowest BCUT2D eigenvalue weighted by Gasteiger charge is -2.10. The number of alkyl halides is 1. The summed E-state index contributed by atoms with van der Waals surface area (Å²) in [5.41, 5.74) is 0. The average Bonchev–Trinajstić information content (AvgIpc) is 1.88. The molecule has 4 heteroatoms. The van der Waals surface area contributed by atoms with Gasteiger partial charge in [-0.05, 0) is 13.3 Å². The van der Waals surface area contributed by atoms with Gasteiger partial charge in [0.25, 0.3) is 0 Å². The Bertz CT molecular complexity index is 108. The van der Waals surface area contributed by atoms with Gasteiger partial charge in [0.2, 0.25) is 5.91 Å². The lowest BCUT2D eigenvalue weighted by molar-refractivity contribution is -0.119. The number of nitrogens with one attached hydrogen (secondary N) is 1. The number of aliphatic hydroxyl groups is 1. The summed E-state index contributed by atoms with van der Waals surface area (Å²) in [6.45, 7) is 1.97. The zero-order valence-corrected chi connectivity index (χ0v) is 7.52. The van der Waals surface area contributed by atoms with Crippen LogP contribution < -0.4 is 5.32 Å². The van der Waals surface area contributed by atoms with E-state index in [1.54, 1.807) is 0 Å². The normalized spacial score (nSPS) is 12.7. The first-order valence-corrected chi connectivity index (χ1v) is 4.29. The van der Waals surface area contributed by atoms with Crippen molar-refractivity contribution in [3.05, 3.63) is 0 Å². The van der Waals surface area contributed by atoms with Crippen molar-refractivity contribution in [2.24, 2.45) is 0 Å². The van der Waals surface area contributed by atoms with Gasteiger partial charge < -0.3 is 10.4 Å². The lowest BCUT2D eigenvalue weighted by atomic mass is 10.2. The number of hydrogen-bond donors (Lipinski definition) is 2. The smallest absolute Gasteiger partial charge is 0.230 e. The van der Waals surface area contributed by atoms with Crippen LogP contribution in [0.1, 0.15) is 13.3 Å². The van der Waals surface area contributed by atoms with E-state index in [1.807, 2.05) is 6.92 Å². The van der Waals surface area contributed by atoms with E-state index < -0.39 is 0 Å². The van der Waals surface area contributed by atoms with Crippen molar-refractivity contribution in [3.63, 3.8) is 0 Å². The molecule has 0 fully saturated rings. The van der Waals surface area contributed by atoms with Crippen LogP contribution in [0, 0.1) is 0 Å². The van der Waals surface area contributed by atoms with E-state index in [0.717, 1.165) is 0 Å². The number of hydrogen-bond acceptors (Lipinski definition) is 2. The van der Waals surface area contributed by atoms with Crippen LogP contribution in [-0.2, 0) is 4.79 Å². The summed E-state index contributed by atoms with van der Waals surface area (Å²) in [4.78, 5) is 10.7. The summed E-state index contributed by atoms with van der Waals surface area (Å²) in [7, 11) is 0. The molecule has 0 saturated heterocycles. The fraction of sp³-hybridized carbons (Fsp3) is 0.833. The highest BCUT2D eigenvalue weighted by Crippen LogP contribution is 1.89. The van der Waals surface area contributed by atoms with E-state index in [0.29, 0.717) is 11.8 Å². The number of halogens is 1. The van der Waals surface area contributed by atoms with Gasteiger partial charge in [-0.1, -0.05) is 15.9 Å². The molecule has 0 aliphatic rings. The molecule has 0 aromatic rings. The second-order valence-corrected chi connectivity index (χ2v) is 2.68. The van der Waals surface area contributed by atoms with Crippen molar-refractivity contribution in [1.29, 1.82) is 0 Å². The third-order valence-corrected chi connectivity index (χ3v) is 1.60. The maximum absolute atomic E-state index is 10.7. The summed E-state index contributed by atoms with van der Waals surface area (Å²) >= 11 is 3.02. The molecule has 60 valence electrons. The zero-order valence-electron chi connectivity index (χ0n) is 5.93. The molecule has 0 heterocycles. The Morgan fingerprint density at radius 1 is 1.80 bits per heavy atom. The van der Waals surface area contributed by atoms with E-state index in [2.05, 4.69) is 21.2 Å². The number of rotatable bonds is 4. The molecule has 0 saturated carbocycles. The largest absolute Gasteiger partial charge is 0.396 e. The molecule has 1 atom stereocenters. The van der Waals surface area contributed by atoms with E-state index in [9.17, 15) is 4.79 Å². The third-order valence-electron chi connectivity index (χ3n) is 1.09. The van der Waals surface area contributed by atoms with Gasteiger partial charge in [-0.25, -0.2) is 0 Å². The fourth-order valence-electron chi connectivity index (χ4n) is 0.579. The number of amides is 1. The molecule has 3 nitrogen and oxygen atoms in total. The standard InChI is InChI=1S/C6H12BrNO2/c1-5(2-3-9)8-6(10)4-7/h5,9H,2-4H2,1H3,(H,8,10). The third kappa shape index (κ3) is 4.76. The van der Waals surface area contributed by atoms with Crippen molar-refractivity contribution in [1.82, 2.24) is 5.32 Å². The minimum atomic E-state index is -0.0408. The van der Waals surface area contributed by atoms with Crippen molar-refractivity contribution in [2.45, 2.75) is 19.4 Å². The van der Waals surface area contributed by atoms with Crippen LogP contribution in [0.4, 0.5) is 0 Å². The van der Waals surface area contributed by atoms with Gasteiger partial charge in [-0.3, -0.25) is 4.79 Å². The highest BCUT2D eigenvalue weighted by molar-refractivity contribution is 9.09. The Morgan fingerprint density at radius 2 is 2.40 bits per heavy atom. The van der Waals surface area contributed by atoms with Gasteiger partial charge in [-0.2, -0.15) is 0 Å². The summed E-state index contributed by atoms with van der Waals surface area (Å²) < 4.78 is 0. The summed E-state index contributed by atoms with van der Waals surface area (Å²) in [6.07, 6.45) is 0.610. The number of aliphatic hydroxyl groups excluding tert-OH is 1. The van der Waals surface area contributed by atoms with Crippen molar-refractivity contribution >= 4 is 21.8 Å². The van der Waals surface area contributed by atoms with E-state index in [1.165, 1.54) is 0 Å². The highest BCUT2D eigenvalue weighted by Gasteiger charge is 2.03. The van der Waals surface area contributed by atoms with E-state index >= 15 is 0 Å². The molecule has 1 amide bonds. The van der Waals surface area contributed by atoms with Crippen LogP contribution in [0.15, 0.2) is 0 Å². The highest BCUT2D eigenvalue weighted by atomic mass is 79.9. The molecule has 0 aromatic carbocycles. The fourth-order valence-corrected chi connectivity index (χ4v) is 0.741. The van der Waals surface area contributed by atoms with Crippen LogP contribution in [-0.4, -0.2) is 29.0 Å². The Morgan fingerprint density at radius 3 is 2.80 bits per heavy atom. The summed E-state index contributed by atoms with van der Waals surface area (Å²) in [6, 6.07) is 0.0649. The van der Waals surface area contributed by atoms with Crippen molar-refractivity contribution in [2.75, 3.05) is 11.9 Å². The first-order chi connectivity index (χ1) is 4.70. The predicted molar refractivity (Wildman–Crippen MR) is 43.1 cm³/mol. The van der Waals surface area contributed by atoms with Crippen LogP contribution >= 0.6 is 15.9 Å². The average molecular weight is 210 g/mol. The van der Waals surface area contributed by atoms with Crippen molar-refractivity contribution in [3.8, 4) is 0 Å². The summed E-state index contributed by atoms with van der Waals surface area (Å²) in [5.74, 6) is -0.0408. The SMILES string of the molecule is CC(CCO)NC(=O)CBr. The molecule has 0 spiro atoms. The Hall–Kier alpha value is -0.0900. The maximum atomic E-state index is 10.7. The minimum absolute atomic E-state index is 0.0408.